The molecule has 1 N–H and O–H groups in total. The van der Waals surface area contributed by atoms with Crippen molar-refractivity contribution < 1.29 is 27.5 Å². The van der Waals surface area contributed by atoms with E-state index in [9.17, 15) is 18.0 Å². The highest BCUT2D eigenvalue weighted by molar-refractivity contribution is 7.92. The summed E-state index contributed by atoms with van der Waals surface area (Å²) in [6.45, 7) is 1.78. The third-order valence-electron chi connectivity index (χ3n) is 6.15. The summed E-state index contributed by atoms with van der Waals surface area (Å²) in [5, 5.41) is 2.83. The fraction of sp³-hybridized carbons (Fsp3) is 0.310. The molecule has 10 heteroatoms. The van der Waals surface area contributed by atoms with Gasteiger partial charge in [-0.25, -0.2) is 8.42 Å². The van der Waals surface area contributed by atoms with E-state index in [2.05, 4.69) is 5.32 Å². The minimum absolute atomic E-state index is 0.0743. The Morgan fingerprint density at radius 2 is 1.51 bits per heavy atom. The summed E-state index contributed by atoms with van der Waals surface area (Å²) in [5.74, 6) is 0.310. The summed E-state index contributed by atoms with van der Waals surface area (Å²) in [5.41, 5.74) is 1.92. The van der Waals surface area contributed by atoms with Gasteiger partial charge in [-0.3, -0.25) is 13.9 Å². The van der Waals surface area contributed by atoms with Crippen molar-refractivity contribution in [3.05, 3.63) is 90.0 Å². The fourth-order valence-electron chi connectivity index (χ4n) is 4.18. The molecule has 208 valence electrons. The second-order valence-electron chi connectivity index (χ2n) is 8.94. The molecule has 1 atom stereocenters. The monoisotopic (exact) mass is 553 g/mol. The average Bonchev–Trinajstić information content (AvgIpc) is 2.93. The van der Waals surface area contributed by atoms with Crippen LogP contribution in [0.3, 0.4) is 0 Å². The maximum Gasteiger partial charge on any atom is 0.244 e. The van der Waals surface area contributed by atoms with Crippen molar-refractivity contribution in [3.8, 4) is 11.5 Å². The maximum atomic E-state index is 14.0. The number of carbonyl (C=O) groups excluding carboxylic acids is 2. The Labute approximate surface area is 230 Å². The molecule has 0 aliphatic rings. The normalized spacial score (nSPS) is 11.8. The van der Waals surface area contributed by atoms with Gasteiger partial charge in [0.1, 0.15) is 24.1 Å². The van der Waals surface area contributed by atoms with Gasteiger partial charge in [-0.2, -0.15) is 0 Å². The third kappa shape index (κ3) is 8.22. The van der Waals surface area contributed by atoms with Crippen LogP contribution in [0.25, 0.3) is 0 Å². The van der Waals surface area contributed by atoms with Crippen LogP contribution >= 0.6 is 0 Å². The molecule has 2 amide bonds. The number of benzene rings is 3. The van der Waals surface area contributed by atoms with Crippen LogP contribution in [0.2, 0.25) is 0 Å². The Bertz CT molecular complexity index is 1350. The van der Waals surface area contributed by atoms with Gasteiger partial charge in [0, 0.05) is 19.5 Å². The summed E-state index contributed by atoms with van der Waals surface area (Å²) >= 11 is 0. The highest BCUT2D eigenvalue weighted by Crippen LogP contribution is 2.23. The van der Waals surface area contributed by atoms with E-state index in [0.717, 1.165) is 21.7 Å². The van der Waals surface area contributed by atoms with Gasteiger partial charge in [-0.15, -0.1) is 0 Å². The van der Waals surface area contributed by atoms with Gasteiger partial charge in [-0.05, 0) is 54.4 Å². The summed E-state index contributed by atoms with van der Waals surface area (Å²) < 4.78 is 37.2. The lowest BCUT2D eigenvalue weighted by Crippen LogP contribution is -2.53. The molecule has 0 aliphatic heterocycles. The lowest BCUT2D eigenvalue weighted by molar-refractivity contribution is -0.140. The van der Waals surface area contributed by atoms with Crippen molar-refractivity contribution in [2.45, 2.75) is 25.9 Å². The van der Waals surface area contributed by atoms with E-state index in [4.69, 9.17) is 9.47 Å². The van der Waals surface area contributed by atoms with Crippen molar-refractivity contribution in [2.24, 2.45) is 0 Å². The molecule has 0 aromatic heterocycles. The Morgan fingerprint density at radius 1 is 0.872 bits per heavy atom. The third-order valence-corrected chi connectivity index (χ3v) is 7.29. The molecule has 0 spiro atoms. The molecule has 3 rings (SSSR count). The van der Waals surface area contributed by atoms with Crippen molar-refractivity contribution in [1.29, 1.82) is 0 Å². The van der Waals surface area contributed by atoms with E-state index < -0.39 is 28.5 Å². The molecular weight excluding hydrogens is 518 g/mol. The SMILES string of the molecule is CCNC(=O)[C@@H](Cc1ccccc1)N(Cc1cccc(OC)c1)C(=O)CN(c1ccc(OC)cc1)S(C)(=O)=O. The van der Waals surface area contributed by atoms with Gasteiger partial charge in [0.2, 0.25) is 21.8 Å². The first-order valence-corrected chi connectivity index (χ1v) is 14.4. The maximum absolute atomic E-state index is 14.0. The first kappa shape index (κ1) is 29.5. The first-order valence-electron chi connectivity index (χ1n) is 12.5. The second kappa shape index (κ2) is 13.7. The molecule has 0 aliphatic carbocycles. The predicted octanol–water partition coefficient (Wildman–Crippen LogP) is 3.25. The molecule has 9 nitrogen and oxygen atoms in total. The number of sulfonamides is 1. The zero-order valence-electron chi connectivity index (χ0n) is 22.7. The quantitative estimate of drug-likeness (QED) is 0.349. The lowest BCUT2D eigenvalue weighted by atomic mass is 10.0. The molecule has 3 aromatic rings. The highest BCUT2D eigenvalue weighted by Gasteiger charge is 2.32. The zero-order chi connectivity index (χ0) is 28.4. The number of nitrogens with one attached hydrogen (secondary N) is 1. The largest absolute Gasteiger partial charge is 0.497 e. The van der Waals surface area contributed by atoms with Crippen LogP contribution in [0.5, 0.6) is 11.5 Å². The zero-order valence-corrected chi connectivity index (χ0v) is 23.5. The standard InChI is InChI=1S/C29H35N3O6S/c1-5-30-29(34)27(19-22-10-7-6-8-11-22)31(20-23-12-9-13-26(18-23)38-3)28(33)21-32(39(4,35)36)24-14-16-25(37-2)17-15-24/h6-18,27H,5,19-21H2,1-4H3,(H,30,34)/t27-/m1/s1. The number of methoxy groups -OCH3 is 2. The molecule has 0 unspecified atom stereocenters. The molecular formula is C29H35N3O6S. The van der Waals surface area contributed by atoms with Gasteiger partial charge >= 0.3 is 0 Å². The van der Waals surface area contributed by atoms with Crippen LogP contribution in [-0.2, 0) is 32.6 Å². The first-order chi connectivity index (χ1) is 18.7. The topological polar surface area (TPSA) is 105 Å². The van der Waals surface area contributed by atoms with Crippen LogP contribution in [0.1, 0.15) is 18.1 Å². The van der Waals surface area contributed by atoms with E-state index in [1.54, 1.807) is 56.5 Å². The summed E-state index contributed by atoms with van der Waals surface area (Å²) in [7, 11) is -0.779. The summed E-state index contributed by atoms with van der Waals surface area (Å²) in [4.78, 5) is 28.8. The van der Waals surface area contributed by atoms with E-state index in [1.807, 2.05) is 36.4 Å². The number of nitrogens with zero attached hydrogens (tertiary/aromatic N) is 2. The Balaban J connectivity index is 2.04. The highest BCUT2D eigenvalue weighted by atomic mass is 32.2. The smallest absolute Gasteiger partial charge is 0.244 e. The number of hydrogen-bond acceptors (Lipinski definition) is 6. The number of rotatable bonds is 13. The predicted molar refractivity (Wildman–Crippen MR) is 151 cm³/mol. The van der Waals surface area contributed by atoms with E-state index in [1.165, 1.54) is 12.0 Å². The van der Waals surface area contributed by atoms with Crippen LogP contribution in [0.15, 0.2) is 78.9 Å². The van der Waals surface area contributed by atoms with Gasteiger partial charge in [-0.1, -0.05) is 42.5 Å². The molecule has 39 heavy (non-hydrogen) atoms. The molecule has 3 aromatic carbocycles. The number of ether oxygens (including phenoxy) is 2. The van der Waals surface area contributed by atoms with E-state index in [0.29, 0.717) is 23.7 Å². The molecule has 0 radical (unpaired) electrons. The van der Waals surface area contributed by atoms with Crippen LogP contribution in [-0.4, -0.2) is 64.7 Å². The molecule has 0 fully saturated rings. The van der Waals surface area contributed by atoms with E-state index >= 15 is 0 Å². The van der Waals surface area contributed by atoms with Crippen LogP contribution < -0.4 is 19.1 Å². The number of carbonyl (C=O) groups is 2. The van der Waals surface area contributed by atoms with Crippen LogP contribution in [0, 0.1) is 0 Å². The minimum Gasteiger partial charge on any atom is -0.497 e. The van der Waals surface area contributed by atoms with Crippen LogP contribution in [0.4, 0.5) is 5.69 Å². The number of amides is 2. The molecule has 0 saturated heterocycles. The fourth-order valence-corrected chi connectivity index (χ4v) is 5.03. The minimum atomic E-state index is -3.84. The van der Waals surface area contributed by atoms with Gasteiger partial charge in [0.15, 0.2) is 0 Å². The van der Waals surface area contributed by atoms with Crippen molar-refractivity contribution >= 4 is 27.5 Å². The Morgan fingerprint density at radius 3 is 2.10 bits per heavy atom. The Hall–Kier alpha value is -4.05. The second-order valence-corrected chi connectivity index (χ2v) is 10.8. The van der Waals surface area contributed by atoms with Crippen molar-refractivity contribution in [1.82, 2.24) is 10.2 Å². The number of hydrogen-bond donors (Lipinski definition) is 1. The number of anilines is 1. The summed E-state index contributed by atoms with van der Waals surface area (Å²) in [6, 6.07) is 22.1. The molecule has 0 saturated carbocycles. The van der Waals surface area contributed by atoms with Crippen molar-refractivity contribution in [3.63, 3.8) is 0 Å². The lowest BCUT2D eigenvalue weighted by Gasteiger charge is -2.33. The molecule has 0 heterocycles. The Kier molecular flexibility index (Phi) is 10.3. The van der Waals surface area contributed by atoms with Gasteiger partial charge < -0.3 is 19.7 Å². The average molecular weight is 554 g/mol. The van der Waals surface area contributed by atoms with Crippen molar-refractivity contribution in [2.75, 3.05) is 37.9 Å². The van der Waals surface area contributed by atoms with E-state index in [-0.39, 0.29) is 18.9 Å². The van der Waals surface area contributed by atoms with Gasteiger partial charge in [0.05, 0.1) is 26.2 Å². The number of likely N-dealkylation sites (N-methyl/N-ethyl adjacent to an activating group) is 1. The van der Waals surface area contributed by atoms with Gasteiger partial charge in [0.25, 0.3) is 0 Å². The molecule has 0 bridgehead atoms. The summed E-state index contributed by atoms with van der Waals surface area (Å²) in [6.07, 6.45) is 1.30.